The Balaban J connectivity index is 1.11. The molecule has 6 rings (SSSR count). The van der Waals surface area contributed by atoms with Crippen molar-refractivity contribution >= 4 is 24.0 Å². The third-order valence-electron chi connectivity index (χ3n) is 10.4. The highest BCUT2D eigenvalue weighted by Gasteiger charge is 2.42. The molecular weight excluding hydrogens is 704 g/mol. The van der Waals surface area contributed by atoms with Crippen LogP contribution in [-0.4, -0.2) is 104 Å². The van der Waals surface area contributed by atoms with Gasteiger partial charge in [-0.15, -0.1) is 0 Å². The second-order valence-electron chi connectivity index (χ2n) is 15.0. The normalized spacial score (nSPS) is 18.3. The quantitative estimate of drug-likeness (QED) is 0.134. The minimum atomic E-state index is -1.51. The highest BCUT2D eigenvalue weighted by atomic mass is 16.5. The number of methoxy groups -OCH3 is 2. The molecule has 2 saturated heterocycles. The Morgan fingerprint density at radius 2 is 1.15 bits per heavy atom. The summed E-state index contributed by atoms with van der Waals surface area (Å²) in [5.41, 5.74) is 4.10. The molecule has 0 radical (unpaired) electrons. The predicted octanol–water partition coefficient (Wildman–Crippen LogP) is 5.34. The zero-order chi connectivity index (χ0) is 39.4. The summed E-state index contributed by atoms with van der Waals surface area (Å²) in [6.45, 7) is 7.80. The fraction of sp³-hybridized carbons (Fsp3) is 0.450. The van der Waals surface area contributed by atoms with E-state index in [4.69, 9.17) is 4.74 Å². The number of carbonyl (C=O) groups is 4. The second kappa shape index (κ2) is 16.3. The van der Waals surface area contributed by atoms with E-state index in [-0.39, 0.29) is 23.9 Å². The number of imidazole rings is 2. The summed E-state index contributed by atoms with van der Waals surface area (Å²) >= 11 is 0. The molecule has 2 aromatic heterocycles. The molecule has 2 aliphatic heterocycles. The van der Waals surface area contributed by atoms with Gasteiger partial charge in [0.15, 0.2) is 0 Å². The zero-order valence-corrected chi connectivity index (χ0v) is 32.1. The molecule has 4 atom stereocenters. The van der Waals surface area contributed by atoms with E-state index in [0.717, 1.165) is 52.9 Å². The number of nitrogens with one attached hydrogen (secondary N) is 4. The van der Waals surface area contributed by atoms with Crippen molar-refractivity contribution in [3.8, 4) is 33.6 Å². The molecule has 2 aromatic carbocycles. The number of aromatic nitrogens is 4. The Morgan fingerprint density at radius 1 is 0.727 bits per heavy atom. The van der Waals surface area contributed by atoms with Gasteiger partial charge >= 0.3 is 12.2 Å². The molecule has 0 spiro atoms. The maximum absolute atomic E-state index is 13.6. The Labute approximate surface area is 320 Å². The van der Waals surface area contributed by atoms with Crippen molar-refractivity contribution in [2.24, 2.45) is 5.92 Å². The Morgan fingerprint density at radius 3 is 1.56 bits per heavy atom. The zero-order valence-electron chi connectivity index (χ0n) is 32.1. The summed E-state index contributed by atoms with van der Waals surface area (Å²) in [4.78, 5) is 70.5. The number of carbonyl (C=O) groups excluding carboxylic acids is 4. The number of amides is 4. The highest BCUT2D eigenvalue weighted by Crippen LogP contribution is 2.35. The SMILES string of the molecule is COC(=O)NC(C(=O)N1CCC[C@H]1c1ncc(-c2ccc(-c3ccc(-c4cnc([C@@H]5CCCN5C(=O)[C@@H](NC(=O)OC)C(C)C)[nH]4)cc3)cc2)[nH]1)C(C)(C)O. The molecule has 15 nitrogen and oxygen atoms in total. The van der Waals surface area contributed by atoms with Crippen molar-refractivity contribution in [3.05, 3.63) is 72.6 Å². The van der Waals surface area contributed by atoms with Crippen molar-refractivity contribution < 1.29 is 33.8 Å². The first-order chi connectivity index (χ1) is 26.3. The van der Waals surface area contributed by atoms with E-state index in [2.05, 4.69) is 47.4 Å². The third-order valence-corrected chi connectivity index (χ3v) is 10.4. The number of aliphatic hydroxyl groups is 1. The van der Waals surface area contributed by atoms with E-state index in [1.54, 1.807) is 22.2 Å². The minimum absolute atomic E-state index is 0.111. The van der Waals surface area contributed by atoms with Gasteiger partial charge in [-0.3, -0.25) is 9.59 Å². The van der Waals surface area contributed by atoms with Crippen LogP contribution in [0, 0.1) is 5.92 Å². The van der Waals surface area contributed by atoms with Gasteiger partial charge in [-0.25, -0.2) is 19.6 Å². The van der Waals surface area contributed by atoms with Crippen molar-refractivity contribution in [3.63, 3.8) is 0 Å². The number of ether oxygens (including phenoxy) is 2. The van der Waals surface area contributed by atoms with Crippen LogP contribution in [0.4, 0.5) is 9.59 Å². The molecule has 0 bridgehead atoms. The van der Waals surface area contributed by atoms with Crippen LogP contribution in [0.25, 0.3) is 33.6 Å². The van der Waals surface area contributed by atoms with Gasteiger partial charge in [-0.05, 0) is 67.7 Å². The number of benzene rings is 2. The second-order valence-corrected chi connectivity index (χ2v) is 15.0. The largest absolute Gasteiger partial charge is 0.453 e. The maximum Gasteiger partial charge on any atom is 0.407 e. The van der Waals surface area contributed by atoms with E-state index < -0.39 is 35.8 Å². The lowest BCUT2D eigenvalue weighted by Gasteiger charge is -2.34. The molecule has 1 unspecified atom stereocenters. The monoisotopic (exact) mass is 754 g/mol. The number of hydrogen-bond acceptors (Lipinski definition) is 9. The number of H-pyrrole nitrogens is 2. The summed E-state index contributed by atoms with van der Waals surface area (Å²) in [6, 6.07) is 13.9. The van der Waals surface area contributed by atoms with E-state index >= 15 is 0 Å². The Bertz CT molecular complexity index is 1980. The smallest absolute Gasteiger partial charge is 0.407 e. The summed E-state index contributed by atoms with van der Waals surface area (Å²) in [6.07, 6.45) is 5.18. The van der Waals surface area contributed by atoms with Crippen LogP contribution in [0.5, 0.6) is 0 Å². The van der Waals surface area contributed by atoms with Crippen LogP contribution in [-0.2, 0) is 19.1 Å². The predicted molar refractivity (Wildman–Crippen MR) is 204 cm³/mol. The first-order valence-corrected chi connectivity index (χ1v) is 18.6. The van der Waals surface area contributed by atoms with Gasteiger partial charge in [-0.1, -0.05) is 62.4 Å². The van der Waals surface area contributed by atoms with Gasteiger partial charge in [0.1, 0.15) is 23.7 Å². The van der Waals surface area contributed by atoms with Crippen molar-refractivity contribution in [2.45, 2.75) is 83.1 Å². The number of nitrogens with zero attached hydrogens (tertiary/aromatic N) is 4. The number of rotatable bonds is 11. The van der Waals surface area contributed by atoms with Crippen LogP contribution < -0.4 is 10.6 Å². The van der Waals surface area contributed by atoms with Crippen molar-refractivity contribution in [2.75, 3.05) is 27.3 Å². The molecule has 15 heteroatoms. The minimum Gasteiger partial charge on any atom is -0.453 e. The van der Waals surface area contributed by atoms with Crippen LogP contribution in [0.1, 0.15) is 77.1 Å². The van der Waals surface area contributed by atoms with E-state index in [9.17, 15) is 24.3 Å². The van der Waals surface area contributed by atoms with Crippen LogP contribution in [0.3, 0.4) is 0 Å². The third kappa shape index (κ3) is 8.51. The summed E-state index contributed by atoms with van der Waals surface area (Å²) in [7, 11) is 2.49. The van der Waals surface area contributed by atoms with Crippen LogP contribution in [0.15, 0.2) is 60.9 Å². The fourth-order valence-corrected chi connectivity index (χ4v) is 7.38. The Kier molecular flexibility index (Phi) is 11.6. The molecule has 292 valence electrons. The molecule has 0 aliphatic carbocycles. The van der Waals surface area contributed by atoms with Crippen molar-refractivity contribution in [1.29, 1.82) is 0 Å². The molecule has 55 heavy (non-hydrogen) atoms. The van der Waals surface area contributed by atoms with Crippen LogP contribution >= 0.6 is 0 Å². The van der Waals surface area contributed by atoms with Gasteiger partial charge < -0.3 is 45.0 Å². The first-order valence-electron chi connectivity index (χ1n) is 18.6. The van der Waals surface area contributed by atoms with Gasteiger partial charge in [0, 0.05) is 13.1 Å². The fourth-order valence-electron chi connectivity index (χ4n) is 7.38. The van der Waals surface area contributed by atoms with E-state index in [1.807, 2.05) is 50.2 Å². The van der Waals surface area contributed by atoms with Crippen molar-refractivity contribution in [1.82, 2.24) is 40.4 Å². The first kappa shape index (κ1) is 39.0. The molecule has 4 amide bonds. The maximum atomic E-state index is 13.6. The summed E-state index contributed by atoms with van der Waals surface area (Å²) in [5.74, 6) is 0.686. The number of likely N-dealkylation sites (tertiary alicyclic amines) is 2. The van der Waals surface area contributed by atoms with Gasteiger partial charge in [0.2, 0.25) is 11.8 Å². The molecule has 2 aliphatic rings. The molecule has 0 saturated carbocycles. The number of hydrogen-bond donors (Lipinski definition) is 5. The summed E-state index contributed by atoms with van der Waals surface area (Å²) < 4.78 is 9.43. The lowest BCUT2D eigenvalue weighted by atomic mass is 9.97. The topological polar surface area (TPSA) is 195 Å². The summed E-state index contributed by atoms with van der Waals surface area (Å²) in [5, 5.41) is 15.8. The van der Waals surface area contributed by atoms with Crippen LogP contribution in [0.2, 0.25) is 0 Å². The lowest BCUT2D eigenvalue weighted by Crippen LogP contribution is -2.58. The van der Waals surface area contributed by atoms with Gasteiger partial charge in [-0.2, -0.15) is 0 Å². The Hall–Kier alpha value is -5.70. The standard InChI is InChI=1S/C40H50N8O7/c1-23(2)32(45-38(51)54-5)36(49)47-19-7-9-30(47)34-41-21-28(43-34)26-15-11-24(12-16-26)25-13-17-27(18-14-25)29-22-42-35(44-29)31-10-8-20-48(31)37(50)33(40(3,4)53)46-39(52)55-6/h11-18,21-23,30-33,53H,7-10,19-20H2,1-6H3,(H,41,43)(H,42,44)(H,45,51)(H,46,52)/t30-,31-,32-,33?/m0/s1. The van der Waals surface area contributed by atoms with Gasteiger partial charge in [0.25, 0.3) is 0 Å². The average molecular weight is 755 g/mol. The number of alkyl carbamates (subject to hydrolysis) is 2. The average Bonchev–Trinajstić information content (AvgIpc) is 4.01. The molecule has 5 N–H and O–H groups in total. The molecule has 2 fully saturated rings. The van der Waals surface area contributed by atoms with E-state index in [1.165, 1.54) is 28.1 Å². The lowest BCUT2D eigenvalue weighted by molar-refractivity contribution is -0.140. The van der Waals surface area contributed by atoms with E-state index in [0.29, 0.717) is 31.2 Å². The molecule has 4 heterocycles. The molecular formula is C40H50N8O7. The van der Waals surface area contributed by atoms with Gasteiger partial charge in [0.05, 0.1) is 55.7 Å². The molecule has 4 aromatic rings. The highest BCUT2D eigenvalue weighted by molar-refractivity contribution is 5.88. The number of aromatic amines is 2.